The number of aromatic nitrogens is 2. The molecule has 3 aliphatic rings. The van der Waals surface area contributed by atoms with Crippen LogP contribution in [-0.4, -0.2) is 33.8 Å². The van der Waals surface area contributed by atoms with Gasteiger partial charge in [-0.25, -0.2) is 9.29 Å². The molecule has 6 nitrogen and oxygen atoms in total. The molecule has 1 aromatic heterocycles. The van der Waals surface area contributed by atoms with Crippen molar-refractivity contribution in [2.45, 2.75) is 31.6 Å². The summed E-state index contributed by atoms with van der Waals surface area (Å²) in [7, 11) is 0. The molecule has 0 aliphatic carbocycles. The zero-order valence-corrected chi connectivity index (χ0v) is 13.3. The number of hydrogen-bond donors (Lipinski definition) is 0. The number of rotatable bonds is 3. The summed E-state index contributed by atoms with van der Waals surface area (Å²) in [5.74, 6) is -1.12. The monoisotopic (exact) mass is 341 g/mol. The van der Waals surface area contributed by atoms with Crippen LogP contribution in [0.3, 0.4) is 0 Å². The van der Waals surface area contributed by atoms with Gasteiger partial charge in [0.1, 0.15) is 5.82 Å². The Morgan fingerprint density at radius 3 is 2.52 bits per heavy atom. The Balaban J connectivity index is 1.40. The molecule has 0 spiro atoms. The van der Waals surface area contributed by atoms with Gasteiger partial charge in [0.15, 0.2) is 5.82 Å². The Labute approximate surface area is 143 Å². The van der Waals surface area contributed by atoms with Crippen LogP contribution in [0.5, 0.6) is 0 Å². The van der Waals surface area contributed by atoms with Gasteiger partial charge in [-0.2, -0.15) is 5.10 Å². The van der Waals surface area contributed by atoms with Crippen LogP contribution in [0.2, 0.25) is 0 Å². The molecule has 4 heterocycles. The van der Waals surface area contributed by atoms with E-state index in [2.05, 4.69) is 5.10 Å². The van der Waals surface area contributed by atoms with E-state index < -0.39 is 0 Å². The standard InChI is InChI=1S/C18H16FN3O3/c19-11-3-1-2-10(8-11)9-21-7-6-14(20-21)22-17(23)15-12-4-5-13(25-12)16(15)18(22)24/h1-3,6-8,12-13,15-16H,4-5,9H2/t12-,13+,15-,16+. The molecular weight excluding hydrogens is 325 g/mol. The summed E-state index contributed by atoms with van der Waals surface area (Å²) in [4.78, 5) is 26.7. The van der Waals surface area contributed by atoms with Crippen molar-refractivity contribution in [1.29, 1.82) is 0 Å². The first-order valence-corrected chi connectivity index (χ1v) is 8.43. The van der Waals surface area contributed by atoms with Gasteiger partial charge in [-0.3, -0.25) is 14.3 Å². The average Bonchev–Trinajstić information content (AvgIpc) is 3.33. The number of halogens is 1. The van der Waals surface area contributed by atoms with E-state index in [-0.39, 0.29) is 41.7 Å². The zero-order valence-electron chi connectivity index (χ0n) is 13.3. The summed E-state index contributed by atoms with van der Waals surface area (Å²) >= 11 is 0. The second-order valence-corrected chi connectivity index (χ2v) is 6.86. The minimum atomic E-state index is -0.361. The van der Waals surface area contributed by atoms with Crippen molar-refractivity contribution in [1.82, 2.24) is 9.78 Å². The van der Waals surface area contributed by atoms with E-state index in [1.807, 2.05) is 0 Å². The largest absolute Gasteiger partial charge is 0.373 e. The summed E-state index contributed by atoms with van der Waals surface area (Å²) in [5, 5.41) is 4.35. The van der Waals surface area contributed by atoms with Crippen LogP contribution < -0.4 is 4.90 Å². The van der Waals surface area contributed by atoms with Crippen molar-refractivity contribution < 1.29 is 18.7 Å². The molecule has 0 saturated carbocycles. The fourth-order valence-electron chi connectivity index (χ4n) is 4.32. The number of hydrogen-bond acceptors (Lipinski definition) is 4. The lowest BCUT2D eigenvalue weighted by Gasteiger charge is -2.15. The Bertz CT molecular complexity index is 852. The van der Waals surface area contributed by atoms with Gasteiger partial charge in [0.25, 0.3) is 0 Å². The predicted octanol–water partition coefficient (Wildman–Crippen LogP) is 1.74. The van der Waals surface area contributed by atoms with Crippen LogP contribution in [0.1, 0.15) is 18.4 Å². The second kappa shape index (κ2) is 5.23. The van der Waals surface area contributed by atoms with Gasteiger partial charge < -0.3 is 4.74 Å². The molecule has 3 fully saturated rings. The number of nitrogens with zero attached hydrogens (tertiary/aromatic N) is 3. The summed E-state index contributed by atoms with van der Waals surface area (Å²) in [6.07, 6.45) is 3.11. The van der Waals surface area contributed by atoms with Crippen LogP contribution in [0, 0.1) is 17.7 Å². The molecule has 2 bridgehead atoms. The van der Waals surface area contributed by atoms with Crippen LogP contribution in [0.15, 0.2) is 36.5 Å². The summed E-state index contributed by atoms with van der Waals surface area (Å²) in [6, 6.07) is 7.91. The molecule has 7 heteroatoms. The molecule has 4 atom stereocenters. The highest BCUT2D eigenvalue weighted by Gasteiger charge is 2.63. The van der Waals surface area contributed by atoms with Crippen LogP contribution in [-0.2, 0) is 20.9 Å². The molecule has 3 aliphatic heterocycles. The minimum Gasteiger partial charge on any atom is -0.373 e. The van der Waals surface area contributed by atoms with E-state index in [0.29, 0.717) is 12.4 Å². The Hall–Kier alpha value is -2.54. The highest BCUT2D eigenvalue weighted by molar-refractivity contribution is 6.22. The number of carbonyl (C=O) groups is 2. The number of carbonyl (C=O) groups excluding carboxylic acids is 2. The van der Waals surface area contributed by atoms with E-state index in [0.717, 1.165) is 18.4 Å². The molecule has 3 saturated heterocycles. The first-order valence-electron chi connectivity index (χ1n) is 8.43. The molecule has 0 unspecified atom stereocenters. The highest BCUT2D eigenvalue weighted by atomic mass is 19.1. The van der Waals surface area contributed by atoms with E-state index >= 15 is 0 Å². The number of fused-ring (bicyclic) bond motifs is 5. The Kier molecular flexibility index (Phi) is 3.09. The molecule has 1 aromatic carbocycles. The smallest absolute Gasteiger partial charge is 0.241 e. The van der Waals surface area contributed by atoms with Crippen LogP contribution >= 0.6 is 0 Å². The third kappa shape index (κ3) is 2.15. The summed E-state index contributed by atoms with van der Waals surface area (Å²) < 4.78 is 20.6. The molecule has 128 valence electrons. The van der Waals surface area contributed by atoms with Crippen molar-refractivity contribution in [2.24, 2.45) is 11.8 Å². The fraction of sp³-hybridized carbons (Fsp3) is 0.389. The van der Waals surface area contributed by atoms with Gasteiger partial charge in [0, 0.05) is 12.3 Å². The lowest BCUT2D eigenvalue weighted by atomic mass is 9.81. The number of benzene rings is 1. The second-order valence-electron chi connectivity index (χ2n) is 6.86. The van der Waals surface area contributed by atoms with Gasteiger partial charge in [0.2, 0.25) is 11.8 Å². The first-order chi connectivity index (χ1) is 12.1. The number of anilines is 1. The van der Waals surface area contributed by atoms with Gasteiger partial charge in [-0.15, -0.1) is 0 Å². The maximum Gasteiger partial charge on any atom is 0.241 e. The maximum atomic E-state index is 13.3. The first kappa shape index (κ1) is 14.8. The maximum absolute atomic E-state index is 13.3. The van der Waals surface area contributed by atoms with Crippen molar-refractivity contribution in [3.05, 3.63) is 47.9 Å². The van der Waals surface area contributed by atoms with Crippen molar-refractivity contribution >= 4 is 17.6 Å². The molecular formula is C18H16FN3O3. The summed E-state index contributed by atoms with van der Waals surface area (Å²) in [6.45, 7) is 0.370. The van der Waals surface area contributed by atoms with Gasteiger partial charge in [-0.1, -0.05) is 12.1 Å². The quantitative estimate of drug-likeness (QED) is 0.798. The number of amides is 2. The molecule has 5 rings (SSSR count). The van der Waals surface area contributed by atoms with Gasteiger partial charge >= 0.3 is 0 Å². The Morgan fingerprint density at radius 1 is 1.12 bits per heavy atom. The number of ether oxygens (including phenoxy) is 1. The lowest BCUT2D eigenvalue weighted by Crippen LogP contribution is -2.34. The predicted molar refractivity (Wildman–Crippen MR) is 85.1 cm³/mol. The van der Waals surface area contributed by atoms with Crippen LogP contribution in [0.25, 0.3) is 0 Å². The Morgan fingerprint density at radius 2 is 1.84 bits per heavy atom. The minimum absolute atomic E-state index is 0.133. The molecule has 2 aromatic rings. The summed E-state index contributed by atoms with van der Waals surface area (Å²) in [5.41, 5.74) is 0.761. The van der Waals surface area contributed by atoms with Crippen molar-refractivity contribution in [3.63, 3.8) is 0 Å². The van der Waals surface area contributed by atoms with E-state index in [9.17, 15) is 14.0 Å². The van der Waals surface area contributed by atoms with E-state index in [4.69, 9.17) is 4.74 Å². The highest BCUT2D eigenvalue weighted by Crippen LogP contribution is 2.49. The van der Waals surface area contributed by atoms with Gasteiger partial charge in [-0.05, 0) is 30.5 Å². The molecule has 2 amide bonds. The van der Waals surface area contributed by atoms with Crippen molar-refractivity contribution in [2.75, 3.05) is 4.90 Å². The van der Waals surface area contributed by atoms with E-state index in [1.165, 1.54) is 17.0 Å². The fourth-order valence-corrected chi connectivity index (χ4v) is 4.32. The molecule has 25 heavy (non-hydrogen) atoms. The van der Waals surface area contributed by atoms with Gasteiger partial charge in [0.05, 0.1) is 30.6 Å². The third-order valence-corrected chi connectivity index (χ3v) is 5.37. The molecule has 0 radical (unpaired) electrons. The lowest BCUT2D eigenvalue weighted by molar-refractivity contribution is -0.124. The average molecular weight is 341 g/mol. The number of imide groups is 1. The topological polar surface area (TPSA) is 64.4 Å². The normalized spacial score (nSPS) is 30.4. The third-order valence-electron chi connectivity index (χ3n) is 5.37. The van der Waals surface area contributed by atoms with Crippen molar-refractivity contribution in [3.8, 4) is 0 Å². The molecule has 0 N–H and O–H groups in total. The zero-order chi connectivity index (χ0) is 17.1. The SMILES string of the molecule is O=C1[C@@H]2[C@H](C(=O)N1c1ccn(Cc3cccc(F)c3)n1)[C@H]1CC[C@@H]2O1. The van der Waals surface area contributed by atoms with Crippen LogP contribution in [0.4, 0.5) is 10.2 Å². The van der Waals surface area contributed by atoms with E-state index in [1.54, 1.807) is 29.1 Å².